The maximum absolute atomic E-state index is 5.69. The Hall–Kier alpha value is 0.640. The van der Waals surface area contributed by atoms with E-state index in [4.69, 9.17) is 11.6 Å². The molecule has 0 saturated carbocycles. The Labute approximate surface area is 61.0 Å². The third-order valence-electron chi connectivity index (χ3n) is 1.52. The minimum atomic E-state index is 0.307. The van der Waals surface area contributed by atoms with Crippen LogP contribution in [0.2, 0.25) is 0 Å². The molecule has 0 aromatic carbocycles. The van der Waals surface area contributed by atoms with E-state index in [0.717, 1.165) is 12.3 Å². The molecule has 0 aliphatic carbocycles. The molecule has 0 aliphatic rings. The fourth-order valence-electron chi connectivity index (χ4n) is 0.293. The van der Waals surface area contributed by atoms with Crippen molar-refractivity contribution in [3.05, 3.63) is 0 Å². The van der Waals surface area contributed by atoms with Crippen LogP contribution in [-0.2, 0) is 0 Å². The molecule has 0 amide bonds. The summed E-state index contributed by atoms with van der Waals surface area (Å²) < 4.78 is 0.307. The van der Waals surface area contributed by atoms with Crippen molar-refractivity contribution < 1.29 is 0 Å². The summed E-state index contributed by atoms with van der Waals surface area (Å²) in [6.07, 6.45) is 3.25. The van der Waals surface area contributed by atoms with Crippen LogP contribution in [0, 0.1) is 0 Å². The average Bonchev–Trinajstić information content (AvgIpc) is 1.87. The van der Waals surface area contributed by atoms with Gasteiger partial charge in [-0.15, -0.1) is 11.6 Å². The zero-order valence-corrected chi connectivity index (χ0v) is 7.27. The van der Waals surface area contributed by atoms with Gasteiger partial charge in [0.15, 0.2) is 0 Å². The third kappa shape index (κ3) is 2.27. The minimum absolute atomic E-state index is 0.307. The molecule has 1 atom stereocenters. The minimum Gasteiger partial charge on any atom is -0.158 e. The molecular formula is C6H13ClS. The van der Waals surface area contributed by atoms with E-state index in [1.165, 1.54) is 0 Å². The van der Waals surface area contributed by atoms with Gasteiger partial charge < -0.3 is 0 Å². The predicted octanol–water partition coefficient (Wildman–Crippen LogP) is 2.76. The molecule has 0 saturated heterocycles. The lowest BCUT2D eigenvalue weighted by Crippen LogP contribution is -2.19. The molecule has 8 heavy (non-hydrogen) atoms. The van der Waals surface area contributed by atoms with Crippen molar-refractivity contribution in [2.45, 2.75) is 25.0 Å². The normalized spacial score (nSPS) is 18.0. The Balaban J connectivity index is 3.58. The number of halogens is 1. The van der Waals surface area contributed by atoms with E-state index >= 15 is 0 Å². The van der Waals surface area contributed by atoms with Crippen LogP contribution in [0.1, 0.15) is 20.3 Å². The SMILES string of the molecule is CCC(C)(CCl)SC. The predicted molar refractivity (Wildman–Crippen MR) is 42.9 cm³/mol. The highest BCUT2D eigenvalue weighted by Crippen LogP contribution is 2.26. The second-order valence-corrected chi connectivity index (χ2v) is 3.80. The van der Waals surface area contributed by atoms with Gasteiger partial charge in [0, 0.05) is 10.6 Å². The van der Waals surface area contributed by atoms with Gasteiger partial charge in [-0.1, -0.05) is 6.92 Å². The lowest BCUT2D eigenvalue weighted by Gasteiger charge is -2.21. The molecule has 0 aromatic rings. The Morgan fingerprint density at radius 2 is 2.12 bits per heavy atom. The van der Waals surface area contributed by atoms with Gasteiger partial charge in [0.1, 0.15) is 0 Å². The van der Waals surface area contributed by atoms with E-state index in [9.17, 15) is 0 Å². The van der Waals surface area contributed by atoms with Crippen LogP contribution < -0.4 is 0 Å². The van der Waals surface area contributed by atoms with Crippen LogP contribution in [0.5, 0.6) is 0 Å². The van der Waals surface area contributed by atoms with E-state index in [-0.39, 0.29) is 0 Å². The van der Waals surface area contributed by atoms with Crippen LogP contribution in [-0.4, -0.2) is 16.9 Å². The van der Waals surface area contributed by atoms with Crippen molar-refractivity contribution in [3.63, 3.8) is 0 Å². The fourth-order valence-corrected chi connectivity index (χ4v) is 1.21. The molecule has 0 rings (SSSR count). The van der Waals surface area contributed by atoms with Gasteiger partial charge in [-0.3, -0.25) is 0 Å². The molecule has 0 fully saturated rings. The lowest BCUT2D eigenvalue weighted by atomic mass is 10.1. The zero-order valence-electron chi connectivity index (χ0n) is 5.70. The standard InChI is InChI=1S/C6H13ClS/c1-4-6(2,5-7)8-3/h4-5H2,1-3H3. The number of hydrogen-bond donors (Lipinski definition) is 0. The van der Waals surface area contributed by atoms with Gasteiger partial charge in [-0.25, -0.2) is 0 Å². The van der Waals surface area contributed by atoms with Crippen molar-refractivity contribution in [1.29, 1.82) is 0 Å². The van der Waals surface area contributed by atoms with Gasteiger partial charge in [0.05, 0.1) is 0 Å². The number of thioether (sulfide) groups is 1. The summed E-state index contributed by atoms with van der Waals surface area (Å²) in [7, 11) is 0. The Kier molecular flexibility index (Phi) is 3.91. The van der Waals surface area contributed by atoms with Crippen LogP contribution in [0.15, 0.2) is 0 Å². The molecule has 0 bridgehead atoms. The van der Waals surface area contributed by atoms with Gasteiger partial charge in [0.25, 0.3) is 0 Å². The van der Waals surface area contributed by atoms with E-state index < -0.39 is 0 Å². The van der Waals surface area contributed by atoms with E-state index in [0.29, 0.717) is 4.75 Å². The molecular weight excluding hydrogens is 140 g/mol. The van der Waals surface area contributed by atoms with Gasteiger partial charge in [-0.2, -0.15) is 11.8 Å². The van der Waals surface area contributed by atoms with Crippen LogP contribution in [0.3, 0.4) is 0 Å². The first-order valence-electron chi connectivity index (χ1n) is 2.79. The highest BCUT2D eigenvalue weighted by Gasteiger charge is 2.17. The quantitative estimate of drug-likeness (QED) is 0.561. The van der Waals surface area contributed by atoms with E-state index in [1.807, 2.05) is 11.8 Å². The van der Waals surface area contributed by atoms with Crippen LogP contribution in [0.4, 0.5) is 0 Å². The molecule has 0 nitrogen and oxygen atoms in total. The molecule has 0 aromatic heterocycles. The van der Waals surface area contributed by atoms with Crippen molar-refractivity contribution >= 4 is 23.4 Å². The monoisotopic (exact) mass is 152 g/mol. The van der Waals surface area contributed by atoms with Gasteiger partial charge in [-0.05, 0) is 19.6 Å². The number of alkyl halides is 1. The topological polar surface area (TPSA) is 0 Å². The van der Waals surface area contributed by atoms with Crippen molar-refractivity contribution in [1.82, 2.24) is 0 Å². The average molecular weight is 153 g/mol. The summed E-state index contributed by atoms with van der Waals surface area (Å²) in [5, 5.41) is 0. The Morgan fingerprint density at radius 3 is 2.12 bits per heavy atom. The molecule has 1 unspecified atom stereocenters. The molecule has 0 spiro atoms. The number of rotatable bonds is 3. The largest absolute Gasteiger partial charge is 0.158 e. The molecule has 0 aliphatic heterocycles. The highest BCUT2D eigenvalue weighted by atomic mass is 35.5. The molecule has 0 heterocycles. The fraction of sp³-hybridized carbons (Fsp3) is 1.00. The highest BCUT2D eigenvalue weighted by molar-refractivity contribution is 8.00. The smallest absolute Gasteiger partial charge is 0.0368 e. The Morgan fingerprint density at radius 1 is 1.62 bits per heavy atom. The molecule has 2 heteroatoms. The van der Waals surface area contributed by atoms with Crippen molar-refractivity contribution in [2.75, 3.05) is 12.1 Å². The summed E-state index contributed by atoms with van der Waals surface area (Å²) in [5.74, 6) is 0.755. The summed E-state index contributed by atoms with van der Waals surface area (Å²) in [5.41, 5.74) is 0. The van der Waals surface area contributed by atoms with Gasteiger partial charge >= 0.3 is 0 Å². The number of hydrogen-bond acceptors (Lipinski definition) is 1. The first kappa shape index (κ1) is 8.64. The Bertz CT molecular complexity index is 51.3. The molecule has 0 radical (unpaired) electrons. The summed E-state index contributed by atoms with van der Waals surface area (Å²) in [4.78, 5) is 0. The summed E-state index contributed by atoms with van der Waals surface area (Å²) >= 11 is 7.53. The second-order valence-electron chi connectivity index (χ2n) is 2.14. The van der Waals surface area contributed by atoms with E-state index in [1.54, 1.807) is 0 Å². The molecule has 50 valence electrons. The maximum Gasteiger partial charge on any atom is 0.0368 e. The summed E-state index contributed by atoms with van der Waals surface area (Å²) in [6.45, 7) is 4.35. The third-order valence-corrected chi connectivity index (χ3v) is 3.69. The lowest BCUT2D eigenvalue weighted by molar-refractivity contribution is 0.693. The zero-order chi connectivity index (χ0) is 6.62. The van der Waals surface area contributed by atoms with Crippen molar-refractivity contribution in [3.8, 4) is 0 Å². The van der Waals surface area contributed by atoms with Crippen LogP contribution in [0.25, 0.3) is 0 Å². The first-order chi connectivity index (χ1) is 3.68. The summed E-state index contributed by atoms with van der Waals surface area (Å²) in [6, 6.07) is 0. The van der Waals surface area contributed by atoms with E-state index in [2.05, 4.69) is 20.1 Å². The second kappa shape index (κ2) is 3.62. The first-order valence-corrected chi connectivity index (χ1v) is 4.55. The maximum atomic E-state index is 5.69. The van der Waals surface area contributed by atoms with Crippen LogP contribution >= 0.6 is 23.4 Å². The molecule has 0 N–H and O–H groups in total. The van der Waals surface area contributed by atoms with Gasteiger partial charge in [0.2, 0.25) is 0 Å². The van der Waals surface area contributed by atoms with Crippen molar-refractivity contribution in [2.24, 2.45) is 0 Å².